The van der Waals surface area contributed by atoms with Crippen LogP contribution in [-0.2, 0) is 17.6 Å². The second kappa shape index (κ2) is 9.56. The molecule has 0 amide bonds. The molecule has 1 aromatic carbocycles. The number of methoxy groups -OCH3 is 1. The minimum atomic E-state index is -0.619. The molecule has 0 unspecified atom stereocenters. The molecule has 3 rings (SSSR count). The summed E-state index contributed by atoms with van der Waals surface area (Å²) in [5, 5.41) is 20.9. The maximum atomic E-state index is 12.9. The summed E-state index contributed by atoms with van der Waals surface area (Å²) in [6.45, 7) is 1.98. The van der Waals surface area contributed by atoms with Crippen LogP contribution in [0.25, 0.3) is 0 Å². The number of cyclic esters (lactones) is 1. The summed E-state index contributed by atoms with van der Waals surface area (Å²) >= 11 is 0. The van der Waals surface area contributed by atoms with E-state index >= 15 is 0 Å². The molecule has 6 heteroatoms. The zero-order valence-electron chi connectivity index (χ0n) is 16.7. The quantitative estimate of drug-likeness (QED) is 0.609. The van der Waals surface area contributed by atoms with Gasteiger partial charge in [0.05, 0.1) is 13.2 Å². The number of nitrogens with zero attached hydrogens (tertiary/aromatic N) is 1. The van der Waals surface area contributed by atoms with Crippen LogP contribution < -0.4 is 4.74 Å². The van der Waals surface area contributed by atoms with Gasteiger partial charge in [-0.1, -0.05) is 37.3 Å². The van der Waals surface area contributed by atoms with Gasteiger partial charge in [-0.3, -0.25) is 0 Å². The van der Waals surface area contributed by atoms with Gasteiger partial charge in [0.25, 0.3) is 0 Å². The molecule has 1 aromatic heterocycles. The van der Waals surface area contributed by atoms with Gasteiger partial charge in [-0.05, 0) is 36.0 Å². The third-order valence-corrected chi connectivity index (χ3v) is 5.25. The van der Waals surface area contributed by atoms with Crippen LogP contribution >= 0.6 is 0 Å². The number of benzene rings is 1. The Balaban J connectivity index is 1.89. The highest BCUT2D eigenvalue weighted by Crippen LogP contribution is 2.26. The Hall–Kier alpha value is -2.86. The first kappa shape index (κ1) is 20.9. The highest BCUT2D eigenvalue weighted by molar-refractivity contribution is 5.94. The molecule has 2 aromatic rings. The fourth-order valence-corrected chi connectivity index (χ4v) is 3.47. The van der Waals surface area contributed by atoms with E-state index in [0.717, 1.165) is 12.0 Å². The first-order valence-corrected chi connectivity index (χ1v) is 9.81. The Kier molecular flexibility index (Phi) is 6.88. The van der Waals surface area contributed by atoms with Gasteiger partial charge in [0.1, 0.15) is 17.4 Å². The minimum absolute atomic E-state index is 0.0320. The summed E-state index contributed by atoms with van der Waals surface area (Å²) in [7, 11) is 1.55. The van der Waals surface area contributed by atoms with Gasteiger partial charge in [0.2, 0.25) is 5.88 Å². The molecule has 0 spiro atoms. The monoisotopic (exact) mass is 397 g/mol. The highest BCUT2D eigenvalue weighted by Gasteiger charge is 2.26. The molecule has 29 heavy (non-hydrogen) atoms. The van der Waals surface area contributed by atoms with Gasteiger partial charge >= 0.3 is 5.97 Å². The number of allylic oxidation sites excluding steroid dienone is 2. The molecule has 1 aliphatic heterocycles. The smallest absolute Gasteiger partial charge is 0.342 e. The van der Waals surface area contributed by atoms with Crippen LogP contribution in [0.2, 0.25) is 0 Å². The van der Waals surface area contributed by atoms with Crippen molar-refractivity contribution in [3.05, 3.63) is 65.4 Å². The van der Waals surface area contributed by atoms with Crippen molar-refractivity contribution in [1.82, 2.24) is 4.98 Å². The number of aliphatic hydroxyl groups is 1. The molecule has 0 radical (unpaired) electrons. The number of phenols is 1. The predicted molar refractivity (Wildman–Crippen MR) is 109 cm³/mol. The number of hydrogen-bond donors (Lipinski definition) is 2. The van der Waals surface area contributed by atoms with E-state index in [-0.39, 0.29) is 17.2 Å². The van der Waals surface area contributed by atoms with E-state index in [2.05, 4.69) is 4.98 Å². The van der Waals surface area contributed by atoms with Gasteiger partial charge in [0.15, 0.2) is 0 Å². The third kappa shape index (κ3) is 5.35. The molecule has 0 saturated carbocycles. The number of esters is 1. The molecule has 2 N–H and O–H groups in total. The number of phenolic OH excluding ortho intramolecular Hbond substituents is 1. The average Bonchev–Trinajstić information content (AvgIpc) is 2.70. The van der Waals surface area contributed by atoms with Crippen molar-refractivity contribution in [2.24, 2.45) is 5.92 Å². The number of rotatable bonds is 3. The van der Waals surface area contributed by atoms with Crippen molar-refractivity contribution in [2.45, 2.75) is 44.8 Å². The second-order valence-electron chi connectivity index (χ2n) is 7.44. The number of ether oxygens (including phenoxy) is 2. The number of fused-ring (bicyclic) bond motifs is 1. The van der Waals surface area contributed by atoms with E-state index in [1.165, 1.54) is 6.07 Å². The summed E-state index contributed by atoms with van der Waals surface area (Å²) < 4.78 is 10.8. The van der Waals surface area contributed by atoms with E-state index in [1.807, 2.05) is 31.2 Å². The maximum Gasteiger partial charge on any atom is 0.342 e. The third-order valence-electron chi connectivity index (χ3n) is 5.25. The number of pyridine rings is 1. The number of carbonyl (C=O) groups excluding carboxylic acids is 1. The molecule has 0 aliphatic carbocycles. The Morgan fingerprint density at radius 3 is 2.79 bits per heavy atom. The van der Waals surface area contributed by atoms with E-state index in [0.29, 0.717) is 30.7 Å². The van der Waals surface area contributed by atoms with Crippen LogP contribution in [0.1, 0.15) is 41.3 Å². The Bertz CT molecular complexity index is 862. The lowest BCUT2D eigenvalue weighted by Crippen LogP contribution is -2.30. The fourth-order valence-electron chi connectivity index (χ4n) is 3.47. The van der Waals surface area contributed by atoms with Crippen molar-refractivity contribution < 1.29 is 24.5 Å². The van der Waals surface area contributed by atoms with Crippen molar-refractivity contribution in [3.8, 4) is 11.6 Å². The van der Waals surface area contributed by atoms with E-state index in [4.69, 9.17) is 9.47 Å². The second-order valence-corrected chi connectivity index (χ2v) is 7.44. The summed E-state index contributed by atoms with van der Waals surface area (Å²) in [6.07, 6.45) is 6.41. The van der Waals surface area contributed by atoms with Gasteiger partial charge in [0, 0.05) is 25.1 Å². The van der Waals surface area contributed by atoms with Crippen molar-refractivity contribution in [3.63, 3.8) is 0 Å². The molecule has 6 nitrogen and oxygen atoms in total. The number of hydrogen-bond acceptors (Lipinski definition) is 6. The van der Waals surface area contributed by atoms with Gasteiger partial charge in [-0.25, -0.2) is 9.78 Å². The summed E-state index contributed by atoms with van der Waals surface area (Å²) in [5.74, 6) is -0.150. The summed E-state index contributed by atoms with van der Waals surface area (Å²) in [5.41, 5.74) is 1.76. The molecular formula is C23H27NO5. The van der Waals surface area contributed by atoms with Crippen LogP contribution in [-0.4, -0.2) is 40.5 Å². The molecule has 0 fully saturated rings. The van der Waals surface area contributed by atoms with Crippen LogP contribution in [0.4, 0.5) is 0 Å². The van der Waals surface area contributed by atoms with Crippen LogP contribution in [0.3, 0.4) is 0 Å². The normalized spacial score (nSPS) is 23.8. The fraction of sp³-hybridized carbons (Fsp3) is 0.391. The van der Waals surface area contributed by atoms with E-state index < -0.39 is 18.2 Å². The van der Waals surface area contributed by atoms with Crippen LogP contribution in [0.15, 0.2) is 48.7 Å². The number of aliphatic hydroxyl groups excluding tert-OH is 1. The largest absolute Gasteiger partial charge is 0.507 e. The van der Waals surface area contributed by atoms with Gasteiger partial charge in [-0.15, -0.1) is 0 Å². The van der Waals surface area contributed by atoms with Crippen LogP contribution in [0.5, 0.6) is 11.6 Å². The number of carbonyl (C=O) groups is 1. The Morgan fingerprint density at radius 1 is 1.24 bits per heavy atom. The van der Waals surface area contributed by atoms with Gasteiger partial charge in [-0.2, -0.15) is 0 Å². The zero-order valence-corrected chi connectivity index (χ0v) is 16.7. The van der Waals surface area contributed by atoms with Crippen LogP contribution in [0, 0.1) is 5.92 Å². The highest BCUT2D eigenvalue weighted by atomic mass is 16.5. The number of aromatic hydroxyl groups is 1. The van der Waals surface area contributed by atoms with E-state index in [1.54, 1.807) is 25.4 Å². The maximum absolute atomic E-state index is 12.9. The number of aromatic nitrogens is 1. The Labute approximate surface area is 170 Å². The topological polar surface area (TPSA) is 88.9 Å². The lowest BCUT2D eigenvalue weighted by atomic mass is 9.93. The molecule has 3 atom stereocenters. The summed E-state index contributed by atoms with van der Waals surface area (Å²) in [6, 6.07) is 8.62. The van der Waals surface area contributed by atoms with Gasteiger partial charge < -0.3 is 19.7 Å². The molecule has 2 heterocycles. The van der Waals surface area contributed by atoms with Crippen molar-refractivity contribution in [2.75, 3.05) is 7.11 Å². The zero-order chi connectivity index (χ0) is 20.8. The lowest BCUT2D eigenvalue weighted by Gasteiger charge is -2.25. The first-order valence-electron chi connectivity index (χ1n) is 9.81. The average molecular weight is 397 g/mol. The minimum Gasteiger partial charge on any atom is -0.507 e. The summed E-state index contributed by atoms with van der Waals surface area (Å²) in [4.78, 5) is 17.1. The standard InChI is InChI=1S/C23H27NO5/c1-15-6-3-4-7-17-8-5-9-19(25)22(17)23(27)29-18(13-20(15)26)12-16-10-11-21(28-2)24-14-16/h3-5,8-11,14-15,18,20,25-26H,6-7,12-13H2,1-2H3/b4-3+/t15-,18-,20+/m0/s1. The Morgan fingerprint density at radius 2 is 2.07 bits per heavy atom. The molecule has 154 valence electrons. The van der Waals surface area contributed by atoms with E-state index in [9.17, 15) is 15.0 Å². The molecular weight excluding hydrogens is 370 g/mol. The molecule has 0 saturated heterocycles. The SMILES string of the molecule is COc1ccc(C[C@H]2C[C@@H](O)[C@@H](C)C/C=C/Cc3cccc(O)c3C(=O)O2)cn1. The van der Waals surface area contributed by atoms with Crippen molar-refractivity contribution >= 4 is 5.97 Å². The first-order chi connectivity index (χ1) is 14.0. The lowest BCUT2D eigenvalue weighted by molar-refractivity contribution is 0.00604. The molecule has 1 aliphatic rings. The molecule has 0 bridgehead atoms. The van der Waals surface area contributed by atoms with Crippen molar-refractivity contribution in [1.29, 1.82) is 0 Å². The predicted octanol–water partition coefficient (Wildman–Crippen LogP) is 3.45.